The first-order valence-electron chi connectivity index (χ1n) is 5.35. The minimum atomic E-state index is -0.162. The number of hydrogen-bond donors (Lipinski definition) is 1. The van der Waals surface area contributed by atoms with E-state index in [1.165, 1.54) is 12.5 Å². The molecule has 0 bridgehead atoms. The van der Waals surface area contributed by atoms with E-state index in [1.54, 1.807) is 0 Å². The zero-order chi connectivity index (χ0) is 11.5. The van der Waals surface area contributed by atoms with Crippen LogP contribution < -0.4 is 0 Å². The van der Waals surface area contributed by atoms with Crippen molar-refractivity contribution in [3.05, 3.63) is 36.0 Å². The predicted molar refractivity (Wildman–Crippen MR) is 70.4 cm³/mol. The highest BCUT2D eigenvalue weighted by molar-refractivity contribution is 5.85. The summed E-state index contributed by atoms with van der Waals surface area (Å²) in [5.41, 5.74) is 2.27. The SMILES string of the molecule is COC(=O)C(C)Cc1c[nH]c2ccccc12.Cl. The summed E-state index contributed by atoms with van der Waals surface area (Å²) in [6.45, 7) is 1.88. The van der Waals surface area contributed by atoms with Crippen LogP contribution in [0.1, 0.15) is 12.5 Å². The molecule has 1 unspecified atom stereocenters. The van der Waals surface area contributed by atoms with Gasteiger partial charge in [-0.15, -0.1) is 12.4 Å². The normalized spacial score (nSPS) is 11.9. The molecule has 1 aromatic carbocycles. The first-order valence-corrected chi connectivity index (χ1v) is 5.35. The van der Waals surface area contributed by atoms with Crippen molar-refractivity contribution < 1.29 is 9.53 Å². The average Bonchev–Trinajstić information content (AvgIpc) is 2.72. The number of H-pyrrole nitrogens is 1. The van der Waals surface area contributed by atoms with Gasteiger partial charge in [0.1, 0.15) is 0 Å². The van der Waals surface area contributed by atoms with Gasteiger partial charge in [0.05, 0.1) is 13.0 Å². The van der Waals surface area contributed by atoms with E-state index in [-0.39, 0.29) is 24.3 Å². The number of carbonyl (C=O) groups excluding carboxylic acids is 1. The van der Waals surface area contributed by atoms with Crippen molar-refractivity contribution in [1.82, 2.24) is 4.98 Å². The molecule has 1 atom stereocenters. The first-order chi connectivity index (χ1) is 7.72. The second-order valence-corrected chi connectivity index (χ2v) is 3.99. The topological polar surface area (TPSA) is 42.1 Å². The van der Waals surface area contributed by atoms with Crippen LogP contribution in [0.15, 0.2) is 30.5 Å². The Hall–Kier alpha value is -1.48. The lowest BCUT2D eigenvalue weighted by molar-refractivity contribution is -0.144. The average molecular weight is 254 g/mol. The van der Waals surface area contributed by atoms with Crippen LogP contribution in [-0.4, -0.2) is 18.1 Å². The number of fused-ring (bicyclic) bond motifs is 1. The van der Waals surface area contributed by atoms with Gasteiger partial charge in [0.25, 0.3) is 0 Å². The Labute approximate surface area is 107 Å². The summed E-state index contributed by atoms with van der Waals surface area (Å²) >= 11 is 0. The van der Waals surface area contributed by atoms with Gasteiger partial charge >= 0.3 is 5.97 Å². The highest BCUT2D eigenvalue weighted by atomic mass is 35.5. The number of methoxy groups -OCH3 is 1. The van der Waals surface area contributed by atoms with Crippen molar-refractivity contribution in [2.24, 2.45) is 5.92 Å². The third-order valence-electron chi connectivity index (χ3n) is 2.80. The van der Waals surface area contributed by atoms with E-state index in [0.717, 1.165) is 11.1 Å². The number of aromatic amines is 1. The van der Waals surface area contributed by atoms with Crippen molar-refractivity contribution in [3.63, 3.8) is 0 Å². The number of nitrogens with one attached hydrogen (secondary N) is 1. The lowest BCUT2D eigenvalue weighted by Crippen LogP contribution is -2.14. The molecule has 0 spiro atoms. The summed E-state index contributed by atoms with van der Waals surface area (Å²) in [4.78, 5) is 14.5. The molecular weight excluding hydrogens is 238 g/mol. The van der Waals surface area contributed by atoms with E-state index < -0.39 is 0 Å². The molecular formula is C13H16ClNO2. The molecule has 2 rings (SSSR count). The van der Waals surface area contributed by atoms with Crippen LogP contribution >= 0.6 is 12.4 Å². The fraction of sp³-hybridized carbons (Fsp3) is 0.308. The third kappa shape index (κ3) is 2.80. The van der Waals surface area contributed by atoms with Gasteiger partial charge in [0.15, 0.2) is 0 Å². The van der Waals surface area contributed by atoms with Gasteiger partial charge < -0.3 is 9.72 Å². The molecule has 1 aromatic heterocycles. The number of hydrogen-bond acceptors (Lipinski definition) is 2. The Morgan fingerprint density at radius 1 is 1.41 bits per heavy atom. The van der Waals surface area contributed by atoms with E-state index in [1.807, 2.05) is 31.3 Å². The molecule has 0 radical (unpaired) electrons. The van der Waals surface area contributed by atoms with Gasteiger partial charge in [-0.1, -0.05) is 25.1 Å². The lowest BCUT2D eigenvalue weighted by atomic mass is 10.0. The van der Waals surface area contributed by atoms with E-state index in [4.69, 9.17) is 4.74 Å². The van der Waals surface area contributed by atoms with Gasteiger partial charge in [-0.25, -0.2) is 0 Å². The molecule has 0 amide bonds. The van der Waals surface area contributed by atoms with Gasteiger partial charge in [-0.3, -0.25) is 4.79 Å². The molecule has 4 heteroatoms. The van der Waals surface area contributed by atoms with Gasteiger partial charge in [0.2, 0.25) is 0 Å². The molecule has 1 N–H and O–H groups in total. The van der Waals surface area contributed by atoms with Crippen LogP contribution in [0.3, 0.4) is 0 Å². The van der Waals surface area contributed by atoms with E-state index in [9.17, 15) is 4.79 Å². The van der Waals surface area contributed by atoms with Crippen molar-refractivity contribution in [2.75, 3.05) is 7.11 Å². The van der Waals surface area contributed by atoms with E-state index in [2.05, 4.69) is 11.1 Å². The lowest BCUT2D eigenvalue weighted by Gasteiger charge is -2.07. The Bertz CT molecular complexity index is 507. The first kappa shape index (κ1) is 13.6. The molecule has 17 heavy (non-hydrogen) atoms. The molecule has 0 saturated heterocycles. The maximum atomic E-state index is 11.3. The summed E-state index contributed by atoms with van der Waals surface area (Å²) in [5, 5.41) is 1.18. The second kappa shape index (κ2) is 5.73. The Balaban J connectivity index is 0.00000144. The molecule has 0 aliphatic heterocycles. The minimum absolute atomic E-state index is 0. The monoisotopic (exact) mass is 253 g/mol. The van der Waals surface area contributed by atoms with E-state index >= 15 is 0 Å². The standard InChI is InChI=1S/C13H15NO2.ClH/c1-9(13(15)16-2)7-10-8-14-12-6-4-3-5-11(10)12;/h3-6,8-9,14H,7H2,1-2H3;1H. The number of rotatable bonds is 3. The van der Waals surface area contributed by atoms with Crippen LogP contribution in [0, 0.1) is 5.92 Å². The Morgan fingerprint density at radius 3 is 2.82 bits per heavy atom. The van der Waals surface area contributed by atoms with Crippen molar-refractivity contribution in [3.8, 4) is 0 Å². The maximum absolute atomic E-state index is 11.3. The van der Waals surface area contributed by atoms with Crippen LogP contribution in [0.5, 0.6) is 0 Å². The van der Waals surface area contributed by atoms with Crippen LogP contribution in [0.25, 0.3) is 10.9 Å². The molecule has 0 saturated carbocycles. The summed E-state index contributed by atoms with van der Waals surface area (Å²) in [7, 11) is 1.42. The number of aromatic nitrogens is 1. The second-order valence-electron chi connectivity index (χ2n) is 3.99. The fourth-order valence-electron chi connectivity index (χ4n) is 1.91. The number of benzene rings is 1. The van der Waals surface area contributed by atoms with Crippen LogP contribution in [0.2, 0.25) is 0 Å². The quantitative estimate of drug-likeness (QED) is 0.855. The molecule has 92 valence electrons. The smallest absolute Gasteiger partial charge is 0.308 e. The molecule has 0 aliphatic carbocycles. The summed E-state index contributed by atoms with van der Waals surface area (Å²) < 4.78 is 4.72. The van der Waals surface area contributed by atoms with Gasteiger partial charge in [0, 0.05) is 17.1 Å². The molecule has 2 aromatic rings. The molecule has 0 aliphatic rings. The number of esters is 1. The molecule has 1 heterocycles. The van der Waals surface area contributed by atoms with Crippen molar-refractivity contribution in [2.45, 2.75) is 13.3 Å². The zero-order valence-electron chi connectivity index (χ0n) is 9.90. The fourth-order valence-corrected chi connectivity index (χ4v) is 1.91. The number of halogens is 1. The van der Waals surface area contributed by atoms with Crippen LogP contribution in [0.4, 0.5) is 0 Å². The minimum Gasteiger partial charge on any atom is -0.469 e. The summed E-state index contributed by atoms with van der Waals surface area (Å²) in [6, 6.07) is 8.08. The number of para-hydroxylation sites is 1. The molecule has 0 fully saturated rings. The van der Waals surface area contributed by atoms with Crippen molar-refractivity contribution in [1.29, 1.82) is 0 Å². The zero-order valence-corrected chi connectivity index (χ0v) is 10.7. The third-order valence-corrected chi connectivity index (χ3v) is 2.80. The largest absolute Gasteiger partial charge is 0.469 e. The maximum Gasteiger partial charge on any atom is 0.308 e. The highest BCUT2D eigenvalue weighted by Gasteiger charge is 2.15. The van der Waals surface area contributed by atoms with Gasteiger partial charge in [-0.05, 0) is 18.1 Å². The Morgan fingerprint density at radius 2 is 2.12 bits per heavy atom. The number of carbonyl (C=O) groups is 1. The highest BCUT2D eigenvalue weighted by Crippen LogP contribution is 2.20. The summed E-state index contributed by atoms with van der Waals surface area (Å²) in [6.07, 6.45) is 2.67. The predicted octanol–water partition coefficient (Wildman–Crippen LogP) is 2.94. The van der Waals surface area contributed by atoms with Crippen LogP contribution in [-0.2, 0) is 16.0 Å². The van der Waals surface area contributed by atoms with E-state index in [0.29, 0.717) is 6.42 Å². The van der Waals surface area contributed by atoms with Gasteiger partial charge in [-0.2, -0.15) is 0 Å². The number of ether oxygens (including phenoxy) is 1. The van der Waals surface area contributed by atoms with Crippen molar-refractivity contribution >= 4 is 29.3 Å². The molecule has 3 nitrogen and oxygen atoms in total. The summed E-state index contributed by atoms with van der Waals surface area (Å²) in [5.74, 6) is -0.269. The Kier molecular flexibility index (Phi) is 4.58.